The van der Waals surface area contributed by atoms with Gasteiger partial charge in [0.25, 0.3) is 0 Å². The highest BCUT2D eigenvalue weighted by Crippen LogP contribution is 2.36. The summed E-state index contributed by atoms with van der Waals surface area (Å²) >= 11 is 5.60. The molecule has 0 aromatic heterocycles. The quantitative estimate of drug-likeness (QED) is 0.802. The highest BCUT2D eigenvalue weighted by Gasteiger charge is 2.25. The molecule has 1 atom stereocenters. The smallest absolute Gasteiger partial charge is 0.142 e. The summed E-state index contributed by atoms with van der Waals surface area (Å²) in [7, 11) is 0. The number of hydrogen-bond donors (Lipinski definition) is 1. The highest BCUT2D eigenvalue weighted by atomic mass is 35.5. The van der Waals surface area contributed by atoms with E-state index in [2.05, 4.69) is 0 Å². The van der Waals surface area contributed by atoms with Gasteiger partial charge in [0.15, 0.2) is 0 Å². The summed E-state index contributed by atoms with van der Waals surface area (Å²) in [6.45, 7) is 0. The normalized spacial score (nSPS) is 19.1. The van der Waals surface area contributed by atoms with E-state index < -0.39 is 0 Å². The molecule has 1 saturated carbocycles. The molecule has 0 bridgehead atoms. The second-order valence-electron chi connectivity index (χ2n) is 3.89. The lowest BCUT2D eigenvalue weighted by atomic mass is 9.77. The maximum atomic E-state index is 13.1. The molecule has 3 heteroatoms. The fourth-order valence-corrected chi connectivity index (χ4v) is 1.91. The van der Waals surface area contributed by atoms with Crippen LogP contribution in [0.5, 0.6) is 0 Å². The van der Waals surface area contributed by atoms with Gasteiger partial charge in [0.1, 0.15) is 5.82 Å². The first-order valence-corrected chi connectivity index (χ1v) is 5.27. The van der Waals surface area contributed by atoms with Gasteiger partial charge in [0.2, 0.25) is 0 Å². The van der Waals surface area contributed by atoms with Gasteiger partial charge in [-0.25, -0.2) is 4.39 Å². The van der Waals surface area contributed by atoms with Crippen molar-refractivity contribution in [1.29, 1.82) is 0 Å². The minimum Gasteiger partial charge on any atom is -0.324 e. The zero-order chi connectivity index (χ0) is 10.1. The fraction of sp³-hybridized carbons (Fsp3) is 0.455. The molecule has 0 spiro atoms. The molecule has 2 rings (SSSR count). The van der Waals surface area contributed by atoms with E-state index in [9.17, 15) is 4.39 Å². The van der Waals surface area contributed by atoms with Crippen molar-refractivity contribution in [2.45, 2.75) is 25.3 Å². The van der Waals surface area contributed by atoms with Crippen LogP contribution < -0.4 is 5.73 Å². The van der Waals surface area contributed by atoms with Crippen LogP contribution in [0.2, 0.25) is 5.02 Å². The predicted molar refractivity (Wildman–Crippen MR) is 55.7 cm³/mol. The third-order valence-corrected chi connectivity index (χ3v) is 3.29. The van der Waals surface area contributed by atoms with Crippen molar-refractivity contribution >= 4 is 11.6 Å². The van der Waals surface area contributed by atoms with Crippen LogP contribution in [0, 0.1) is 11.7 Å². The number of rotatable bonds is 2. The Labute approximate surface area is 88.1 Å². The van der Waals surface area contributed by atoms with Crippen LogP contribution in [0.15, 0.2) is 18.2 Å². The number of benzene rings is 1. The van der Waals surface area contributed by atoms with Gasteiger partial charge in [0.05, 0.1) is 5.02 Å². The van der Waals surface area contributed by atoms with Gasteiger partial charge in [0, 0.05) is 6.04 Å². The first-order valence-electron chi connectivity index (χ1n) is 4.89. The Hall–Kier alpha value is -0.600. The Balaban J connectivity index is 2.18. The van der Waals surface area contributed by atoms with E-state index in [1.165, 1.54) is 12.5 Å². The molecule has 76 valence electrons. The molecule has 1 aliphatic carbocycles. The summed E-state index contributed by atoms with van der Waals surface area (Å²) < 4.78 is 13.1. The lowest BCUT2D eigenvalue weighted by molar-refractivity contribution is 0.264. The molecule has 1 fully saturated rings. The van der Waals surface area contributed by atoms with Crippen molar-refractivity contribution < 1.29 is 4.39 Å². The summed E-state index contributed by atoms with van der Waals surface area (Å²) in [5.41, 5.74) is 6.87. The van der Waals surface area contributed by atoms with Gasteiger partial charge in [-0.15, -0.1) is 0 Å². The molecular formula is C11H13ClFN. The van der Waals surface area contributed by atoms with E-state index in [1.54, 1.807) is 6.07 Å². The van der Waals surface area contributed by atoms with E-state index in [4.69, 9.17) is 17.3 Å². The van der Waals surface area contributed by atoms with Gasteiger partial charge < -0.3 is 5.73 Å². The zero-order valence-electron chi connectivity index (χ0n) is 7.84. The topological polar surface area (TPSA) is 26.0 Å². The molecule has 0 amide bonds. The van der Waals surface area contributed by atoms with Crippen molar-refractivity contribution in [3.05, 3.63) is 34.6 Å². The Morgan fingerprint density at radius 1 is 1.43 bits per heavy atom. The SMILES string of the molecule is N[C@@H](c1ccc(Cl)c(F)c1)C1CCC1. The summed E-state index contributed by atoms with van der Waals surface area (Å²) in [5.74, 6) is 0.148. The van der Waals surface area contributed by atoms with Crippen molar-refractivity contribution in [3.63, 3.8) is 0 Å². The molecule has 0 aliphatic heterocycles. The standard InChI is InChI=1S/C11H13ClFN/c12-9-5-4-8(6-10(9)13)11(14)7-2-1-3-7/h4-7,11H,1-3,14H2/t11-/m1/s1. The van der Waals surface area contributed by atoms with Crippen LogP contribution in [-0.2, 0) is 0 Å². The van der Waals surface area contributed by atoms with E-state index in [0.29, 0.717) is 5.92 Å². The molecule has 0 saturated heterocycles. The molecule has 0 radical (unpaired) electrons. The average molecular weight is 214 g/mol. The van der Waals surface area contributed by atoms with Crippen molar-refractivity contribution in [3.8, 4) is 0 Å². The van der Waals surface area contributed by atoms with E-state index in [1.807, 2.05) is 6.07 Å². The Morgan fingerprint density at radius 3 is 2.64 bits per heavy atom. The summed E-state index contributed by atoms with van der Waals surface area (Å²) in [4.78, 5) is 0. The predicted octanol–water partition coefficient (Wildman–Crippen LogP) is 3.28. The zero-order valence-corrected chi connectivity index (χ0v) is 8.60. The summed E-state index contributed by atoms with van der Waals surface area (Å²) in [6.07, 6.45) is 3.56. The Bertz CT molecular complexity index is 336. The second-order valence-corrected chi connectivity index (χ2v) is 4.30. The first kappa shape index (κ1) is 9.94. The Kier molecular flexibility index (Phi) is 2.75. The van der Waals surface area contributed by atoms with E-state index in [-0.39, 0.29) is 16.9 Å². The van der Waals surface area contributed by atoms with Crippen molar-refractivity contribution in [2.75, 3.05) is 0 Å². The molecular weight excluding hydrogens is 201 g/mol. The maximum absolute atomic E-state index is 13.1. The highest BCUT2D eigenvalue weighted by molar-refractivity contribution is 6.30. The van der Waals surface area contributed by atoms with Crippen LogP contribution in [-0.4, -0.2) is 0 Å². The fourth-order valence-electron chi connectivity index (χ4n) is 1.79. The first-order chi connectivity index (χ1) is 6.68. The molecule has 14 heavy (non-hydrogen) atoms. The molecule has 2 N–H and O–H groups in total. The van der Waals surface area contributed by atoms with Crippen LogP contribution in [0.25, 0.3) is 0 Å². The van der Waals surface area contributed by atoms with Gasteiger partial charge in [-0.2, -0.15) is 0 Å². The minimum atomic E-state index is -0.376. The largest absolute Gasteiger partial charge is 0.324 e. The third-order valence-electron chi connectivity index (χ3n) is 2.99. The van der Waals surface area contributed by atoms with Crippen molar-refractivity contribution in [2.24, 2.45) is 11.7 Å². The monoisotopic (exact) mass is 213 g/mol. The van der Waals surface area contributed by atoms with Gasteiger partial charge in [-0.3, -0.25) is 0 Å². The lowest BCUT2D eigenvalue weighted by Gasteiger charge is -2.31. The summed E-state index contributed by atoms with van der Waals surface area (Å²) in [5, 5.41) is 0.162. The number of halogens is 2. The number of hydrogen-bond acceptors (Lipinski definition) is 1. The van der Waals surface area contributed by atoms with Crippen LogP contribution in [0.4, 0.5) is 4.39 Å². The van der Waals surface area contributed by atoms with Crippen LogP contribution in [0.1, 0.15) is 30.9 Å². The Morgan fingerprint density at radius 2 is 2.14 bits per heavy atom. The molecule has 1 aromatic rings. The summed E-state index contributed by atoms with van der Waals surface area (Å²) in [6, 6.07) is 4.81. The van der Waals surface area contributed by atoms with Crippen molar-refractivity contribution in [1.82, 2.24) is 0 Å². The van der Waals surface area contributed by atoms with E-state index in [0.717, 1.165) is 18.4 Å². The average Bonchev–Trinajstić information content (AvgIpc) is 2.06. The van der Waals surface area contributed by atoms with Gasteiger partial charge in [-0.1, -0.05) is 24.1 Å². The third kappa shape index (κ3) is 1.77. The maximum Gasteiger partial charge on any atom is 0.142 e. The molecule has 0 unspecified atom stereocenters. The van der Waals surface area contributed by atoms with E-state index >= 15 is 0 Å². The number of nitrogens with two attached hydrogens (primary N) is 1. The molecule has 0 heterocycles. The van der Waals surface area contributed by atoms with Crippen LogP contribution in [0.3, 0.4) is 0 Å². The van der Waals surface area contributed by atoms with Gasteiger partial charge in [-0.05, 0) is 36.5 Å². The molecule has 1 aliphatic rings. The minimum absolute atomic E-state index is 0.0319. The molecule has 1 nitrogen and oxygen atoms in total. The molecule has 1 aromatic carbocycles. The second kappa shape index (κ2) is 3.87. The van der Waals surface area contributed by atoms with Crippen LogP contribution >= 0.6 is 11.6 Å². The lowest BCUT2D eigenvalue weighted by Crippen LogP contribution is -2.26. The van der Waals surface area contributed by atoms with Gasteiger partial charge >= 0.3 is 0 Å².